The van der Waals surface area contributed by atoms with E-state index in [1.54, 1.807) is 30.5 Å². The number of benzene rings is 1. The molecular formula is C18H18F2N4O2S2. The van der Waals surface area contributed by atoms with Crippen LogP contribution in [0.15, 0.2) is 51.1 Å². The predicted molar refractivity (Wildman–Crippen MR) is 106 cm³/mol. The molecule has 0 aliphatic rings. The topological polar surface area (TPSA) is 73.0 Å². The molecule has 0 bridgehead atoms. The molecule has 0 saturated carbocycles. The van der Waals surface area contributed by atoms with Gasteiger partial charge in [0.2, 0.25) is 5.91 Å². The number of furan rings is 1. The number of halogens is 2. The van der Waals surface area contributed by atoms with Gasteiger partial charge in [0.15, 0.2) is 11.0 Å². The maximum atomic E-state index is 12.7. The van der Waals surface area contributed by atoms with Crippen molar-refractivity contribution in [1.82, 2.24) is 14.8 Å². The number of nitrogens with zero attached hydrogens (tertiary/aromatic N) is 3. The molecule has 10 heteroatoms. The van der Waals surface area contributed by atoms with Crippen molar-refractivity contribution in [3.8, 4) is 11.4 Å². The minimum atomic E-state index is -2.56. The van der Waals surface area contributed by atoms with E-state index in [4.69, 9.17) is 4.42 Å². The van der Waals surface area contributed by atoms with Gasteiger partial charge in [0.1, 0.15) is 5.76 Å². The number of amides is 1. The lowest BCUT2D eigenvalue weighted by molar-refractivity contribution is -0.113. The Labute approximate surface area is 169 Å². The highest BCUT2D eigenvalue weighted by atomic mass is 32.2. The fourth-order valence-electron chi connectivity index (χ4n) is 2.58. The minimum Gasteiger partial charge on any atom is -0.469 e. The smallest absolute Gasteiger partial charge is 0.288 e. The first-order chi connectivity index (χ1) is 13.5. The summed E-state index contributed by atoms with van der Waals surface area (Å²) < 4.78 is 32.5. The van der Waals surface area contributed by atoms with E-state index in [0.29, 0.717) is 39.9 Å². The first-order valence-corrected chi connectivity index (χ1v) is 10.3. The maximum Gasteiger partial charge on any atom is 0.288 e. The summed E-state index contributed by atoms with van der Waals surface area (Å²) in [5.41, 5.74) is 1.22. The summed E-state index contributed by atoms with van der Waals surface area (Å²) in [6.07, 6.45) is 1.59. The van der Waals surface area contributed by atoms with E-state index in [1.807, 2.05) is 24.5 Å². The molecule has 2 aromatic heterocycles. The molecule has 0 aliphatic heterocycles. The van der Waals surface area contributed by atoms with Gasteiger partial charge in [0.25, 0.3) is 5.76 Å². The normalized spacial score (nSPS) is 11.2. The first-order valence-electron chi connectivity index (χ1n) is 8.43. The van der Waals surface area contributed by atoms with Crippen molar-refractivity contribution in [2.75, 3.05) is 11.1 Å². The van der Waals surface area contributed by atoms with Crippen LogP contribution in [0.3, 0.4) is 0 Å². The third kappa shape index (κ3) is 4.74. The Morgan fingerprint density at radius 1 is 1.29 bits per heavy atom. The third-order valence-corrected chi connectivity index (χ3v) is 5.60. The van der Waals surface area contributed by atoms with Crippen molar-refractivity contribution >= 4 is 35.1 Å². The Hall–Kier alpha value is -2.33. The van der Waals surface area contributed by atoms with Crippen molar-refractivity contribution in [2.24, 2.45) is 0 Å². The quantitative estimate of drug-likeness (QED) is 0.518. The first kappa shape index (κ1) is 20.4. The number of hydrogen-bond donors (Lipinski definition) is 1. The van der Waals surface area contributed by atoms with Crippen LogP contribution in [-0.4, -0.2) is 32.2 Å². The highest BCUT2D eigenvalue weighted by molar-refractivity contribution is 8.00. The maximum absolute atomic E-state index is 12.7. The van der Waals surface area contributed by atoms with E-state index >= 15 is 0 Å². The van der Waals surface area contributed by atoms with Crippen LogP contribution in [0.1, 0.15) is 12.7 Å². The number of carbonyl (C=O) groups is 1. The van der Waals surface area contributed by atoms with Crippen LogP contribution in [0.5, 0.6) is 0 Å². The number of aromatic nitrogens is 3. The Morgan fingerprint density at radius 2 is 2.07 bits per heavy atom. The Morgan fingerprint density at radius 3 is 2.75 bits per heavy atom. The van der Waals surface area contributed by atoms with Crippen molar-refractivity contribution in [1.29, 1.82) is 0 Å². The average Bonchev–Trinajstić information content (AvgIpc) is 3.26. The zero-order chi connectivity index (χ0) is 20.1. The molecule has 3 rings (SSSR count). The number of anilines is 1. The minimum absolute atomic E-state index is 0.0795. The summed E-state index contributed by atoms with van der Waals surface area (Å²) >= 11 is 1.63. The molecule has 0 radical (unpaired) electrons. The van der Waals surface area contributed by atoms with Gasteiger partial charge in [-0.2, -0.15) is 8.78 Å². The van der Waals surface area contributed by atoms with Gasteiger partial charge in [-0.05, 0) is 32.0 Å². The number of carbonyl (C=O) groups excluding carboxylic acids is 1. The lowest BCUT2D eigenvalue weighted by Gasteiger charge is -2.10. The van der Waals surface area contributed by atoms with Crippen molar-refractivity contribution in [3.05, 3.63) is 42.4 Å². The van der Waals surface area contributed by atoms with Crippen molar-refractivity contribution < 1.29 is 18.0 Å². The number of thioether (sulfide) groups is 2. The van der Waals surface area contributed by atoms with Crippen LogP contribution in [-0.2, 0) is 11.3 Å². The van der Waals surface area contributed by atoms with Gasteiger partial charge in [-0.3, -0.25) is 4.79 Å². The summed E-state index contributed by atoms with van der Waals surface area (Å²) in [6, 6.07) is 8.31. The molecule has 0 spiro atoms. The Balaban J connectivity index is 1.68. The van der Waals surface area contributed by atoms with Crippen LogP contribution in [0.2, 0.25) is 0 Å². The van der Waals surface area contributed by atoms with Gasteiger partial charge in [0, 0.05) is 11.4 Å². The van der Waals surface area contributed by atoms with Crippen LogP contribution in [0.25, 0.3) is 11.4 Å². The molecule has 0 fully saturated rings. The van der Waals surface area contributed by atoms with Gasteiger partial charge in [-0.25, -0.2) is 0 Å². The molecule has 1 amide bonds. The van der Waals surface area contributed by atoms with Crippen LogP contribution >= 0.6 is 23.5 Å². The van der Waals surface area contributed by atoms with E-state index in [0.717, 1.165) is 11.3 Å². The van der Waals surface area contributed by atoms with Crippen molar-refractivity contribution in [2.45, 2.75) is 36.2 Å². The van der Waals surface area contributed by atoms with Gasteiger partial charge >= 0.3 is 0 Å². The summed E-state index contributed by atoms with van der Waals surface area (Å²) in [7, 11) is 0. The molecule has 0 aliphatic carbocycles. The molecule has 0 unspecified atom stereocenters. The molecule has 3 aromatic rings. The number of rotatable bonds is 8. The van der Waals surface area contributed by atoms with Gasteiger partial charge in [0.05, 0.1) is 23.3 Å². The highest BCUT2D eigenvalue weighted by Crippen LogP contribution is 2.32. The standard InChI is InChI=1S/C18H18F2N4O2S2/c1-3-24-16(12-8-9-26-11(12)2)22-23-18(24)27-10-15(25)21-13-6-4-5-7-14(13)28-17(19)20/h4-9,17H,3,10H2,1-2H3,(H,21,25). The third-order valence-electron chi connectivity index (χ3n) is 3.84. The molecule has 148 valence electrons. The molecule has 1 aromatic carbocycles. The molecule has 28 heavy (non-hydrogen) atoms. The number of aryl methyl sites for hydroxylation is 1. The van der Waals surface area contributed by atoms with Gasteiger partial charge in [-0.1, -0.05) is 35.7 Å². The molecular weight excluding hydrogens is 406 g/mol. The zero-order valence-corrected chi connectivity index (χ0v) is 16.8. The average molecular weight is 424 g/mol. The van der Waals surface area contributed by atoms with Crippen LogP contribution in [0.4, 0.5) is 14.5 Å². The van der Waals surface area contributed by atoms with Crippen molar-refractivity contribution in [3.63, 3.8) is 0 Å². The lowest BCUT2D eigenvalue weighted by atomic mass is 10.2. The fourth-order valence-corrected chi connectivity index (χ4v) is 3.98. The summed E-state index contributed by atoms with van der Waals surface area (Å²) in [4.78, 5) is 12.6. The van der Waals surface area contributed by atoms with Crippen LogP contribution in [0, 0.1) is 6.92 Å². The Kier molecular flexibility index (Phi) is 6.74. The number of nitrogens with one attached hydrogen (secondary N) is 1. The molecule has 0 atom stereocenters. The van der Waals surface area contributed by atoms with Gasteiger partial charge in [-0.15, -0.1) is 10.2 Å². The molecule has 6 nitrogen and oxygen atoms in total. The Bertz CT molecular complexity index is 959. The fraction of sp³-hybridized carbons (Fsp3) is 0.278. The molecule has 0 saturated heterocycles. The van der Waals surface area contributed by atoms with E-state index in [9.17, 15) is 13.6 Å². The molecule has 2 heterocycles. The SMILES string of the molecule is CCn1c(SCC(=O)Nc2ccccc2SC(F)F)nnc1-c1ccoc1C. The number of para-hydroxylation sites is 1. The van der Waals surface area contributed by atoms with Crippen LogP contribution < -0.4 is 5.32 Å². The second kappa shape index (κ2) is 9.24. The number of alkyl halides is 2. The van der Waals surface area contributed by atoms with Gasteiger partial charge < -0.3 is 14.3 Å². The largest absolute Gasteiger partial charge is 0.469 e. The zero-order valence-electron chi connectivity index (χ0n) is 15.2. The van der Waals surface area contributed by atoms with E-state index in [-0.39, 0.29) is 11.7 Å². The van der Waals surface area contributed by atoms with E-state index < -0.39 is 5.76 Å². The second-order valence-corrected chi connectivity index (χ2v) is 7.63. The summed E-state index contributed by atoms with van der Waals surface area (Å²) in [5.74, 6) is -1.37. The summed E-state index contributed by atoms with van der Waals surface area (Å²) in [6.45, 7) is 4.44. The number of hydrogen-bond acceptors (Lipinski definition) is 6. The predicted octanol–water partition coefficient (Wildman–Crippen LogP) is 4.91. The van der Waals surface area contributed by atoms with E-state index in [1.165, 1.54) is 11.8 Å². The highest BCUT2D eigenvalue weighted by Gasteiger charge is 2.18. The monoisotopic (exact) mass is 424 g/mol. The second-order valence-electron chi connectivity index (χ2n) is 5.65. The van der Waals surface area contributed by atoms with E-state index in [2.05, 4.69) is 15.5 Å². The summed E-state index contributed by atoms with van der Waals surface area (Å²) in [5, 5.41) is 11.7. The molecule has 1 N–H and O–H groups in total. The lowest BCUT2D eigenvalue weighted by Crippen LogP contribution is -2.15.